The van der Waals surface area contributed by atoms with Crippen LogP contribution in [-0.2, 0) is 0 Å². The molecule has 31 heavy (non-hydrogen) atoms. The van der Waals surface area contributed by atoms with Crippen LogP contribution in [0, 0.1) is 5.82 Å². The molecule has 5 rings (SSSR count). The molecule has 2 aromatic heterocycles. The summed E-state index contributed by atoms with van der Waals surface area (Å²) in [7, 11) is 0. The molecule has 0 bridgehead atoms. The number of halogens is 1. The van der Waals surface area contributed by atoms with Crippen molar-refractivity contribution in [2.45, 2.75) is 25.8 Å². The van der Waals surface area contributed by atoms with Gasteiger partial charge in [-0.25, -0.2) is 9.37 Å². The average Bonchev–Trinajstić information content (AvgIpc) is 3.41. The van der Waals surface area contributed by atoms with Gasteiger partial charge in [-0.05, 0) is 56.6 Å². The molecule has 0 unspecified atom stereocenters. The maximum atomic E-state index is 14.6. The smallest absolute Gasteiger partial charge is 0.147 e. The van der Waals surface area contributed by atoms with Crippen LogP contribution in [0.15, 0.2) is 42.7 Å². The van der Waals surface area contributed by atoms with E-state index in [0.717, 1.165) is 42.7 Å². The summed E-state index contributed by atoms with van der Waals surface area (Å²) in [6.45, 7) is 9.10. The van der Waals surface area contributed by atoms with Crippen LogP contribution in [0.25, 0.3) is 16.8 Å². The topological polar surface area (TPSA) is 45.0 Å². The molecule has 0 radical (unpaired) electrons. The van der Waals surface area contributed by atoms with Crippen LogP contribution in [0.1, 0.15) is 19.8 Å². The summed E-state index contributed by atoms with van der Waals surface area (Å²) in [6, 6.07) is 9.48. The Labute approximate surface area is 182 Å². The minimum Gasteiger partial charge on any atom is -0.494 e. The van der Waals surface area contributed by atoms with Gasteiger partial charge in [0.1, 0.15) is 23.0 Å². The third kappa shape index (κ3) is 4.25. The second-order valence-electron chi connectivity index (χ2n) is 8.41. The zero-order valence-electron chi connectivity index (χ0n) is 18.1. The number of piperazine rings is 1. The summed E-state index contributed by atoms with van der Waals surface area (Å²) in [5.74, 6) is 1.20. The number of nitrogens with zero attached hydrogens (tertiary/aromatic N) is 4. The number of rotatable bonds is 7. The highest BCUT2D eigenvalue weighted by atomic mass is 19.1. The minimum atomic E-state index is -0.275. The molecule has 2 saturated heterocycles. The Hall–Kier alpha value is -2.64. The van der Waals surface area contributed by atoms with Gasteiger partial charge >= 0.3 is 0 Å². The van der Waals surface area contributed by atoms with Crippen molar-refractivity contribution in [1.82, 2.24) is 19.2 Å². The highest BCUT2D eigenvalue weighted by Gasteiger charge is 2.30. The number of aromatic nitrogens is 2. The lowest BCUT2D eigenvalue weighted by Crippen LogP contribution is -2.51. The molecular weight excluding hydrogens is 393 g/mol. The molecule has 1 N–H and O–H groups in total. The molecular formula is C24H30FN5O. The Morgan fingerprint density at radius 3 is 2.94 bits per heavy atom. The maximum absolute atomic E-state index is 14.6. The second-order valence-corrected chi connectivity index (χ2v) is 8.41. The molecule has 0 spiro atoms. The summed E-state index contributed by atoms with van der Waals surface area (Å²) in [5, 5.41) is 3.46. The molecule has 2 aliphatic rings. The summed E-state index contributed by atoms with van der Waals surface area (Å²) in [4.78, 5) is 9.96. The van der Waals surface area contributed by atoms with Crippen LogP contribution >= 0.6 is 0 Å². The van der Waals surface area contributed by atoms with Gasteiger partial charge in [-0.1, -0.05) is 0 Å². The first kappa shape index (κ1) is 20.3. The van der Waals surface area contributed by atoms with Crippen molar-refractivity contribution in [3.05, 3.63) is 48.5 Å². The molecule has 3 aromatic rings. The summed E-state index contributed by atoms with van der Waals surface area (Å²) < 4.78 is 22.1. The number of hydrogen-bond donors (Lipinski definition) is 1. The Morgan fingerprint density at radius 1 is 1.13 bits per heavy atom. The fourth-order valence-corrected chi connectivity index (χ4v) is 4.86. The van der Waals surface area contributed by atoms with E-state index in [2.05, 4.69) is 15.1 Å². The van der Waals surface area contributed by atoms with Crippen LogP contribution < -0.4 is 10.1 Å². The molecule has 164 valence electrons. The van der Waals surface area contributed by atoms with Gasteiger partial charge in [0.2, 0.25) is 0 Å². The lowest BCUT2D eigenvalue weighted by atomic mass is 10.1. The fraction of sp³-hybridized carbons (Fsp3) is 0.458. The molecule has 0 aliphatic carbocycles. The van der Waals surface area contributed by atoms with Crippen molar-refractivity contribution in [2.24, 2.45) is 0 Å². The zero-order chi connectivity index (χ0) is 21.2. The Kier molecular flexibility index (Phi) is 5.78. The molecule has 1 aromatic carbocycles. The van der Waals surface area contributed by atoms with Crippen LogP contribution in [0.3, 0.4) is 0 Å². The van der Waals surface area contributed by atoms with E-state index in [9.17, 15) is 4.39 Å². The quantitative estimate of drug-likeness (QED) is 0.627. The second kappa shape index (κ2) is 8.85. The summed E-state index contributed by atoms with van der Waals surface area (Å²) >= 11 is 0. The molecule has 0 saturated carbocycles. The maximum Gasteiger partial charge on any atom is 0.147 e. The standard InChI is InChI=1S/C24H30FN5O/c1-2-31-19-5-6-22(25)21(16-19)20-7-11-30-12-8-23(27-24(20)30)26-9-13-28-14-15-29-10-3-4-18(29)17-28/h5-8,11-12,16,18H,2-4,9-10,13-15,17H2,1H3,(H,26,27)/t18-/m0/s1. The van der Waals surface area contributed by atoms with Crippen molar-refractivity contribution in [3.63, 3.8) is 0 Å². The zero-order valence-corrected chi connectivity index (χ0v) is 18.1. The number of fused-ring (bicyclic) bond motifs is 2. The van der Waals surface area contributed by atoms with Crippen LogP contribution in [0.2, 0.25) is 0 Å². The van der Waals surface area contributed by atoms with Crippen molar-refractivity contribution in [1.29, 1.82) is 0 Å². The van der Waals surface area contributed by atoms with Crippen LogP contribution in [0.5, 0.6) is 5.75 Å². The predicted octanol–water partition coefficient (Wildman–Crippen LogP) is 3.73. The van der Waals surface area contributed by atoms with Crippen LogP contribution in [0.4, 0.5) is 10.2 Å². The first-order valence-corrected chi connectivity index (χ1v) is 11.3. The average molecular weight is 424 g/mol. The third-order valence-electron chi connectivity index (χ3n) is 6.45. The summed E-state index contributed by atoms with van der Waals surface area (Å²) in [5.41, 5.74) is 2.00. The normalized spacial score (nSPS) is 19.6. The van der Waals surface area contributed by atoms with Crippen LogP contribution in [-0.4, -0.2) is 71.1 Å². The van der Waals surface area contributed by atoms with E-state index in [1.54, 1.807) is 12.1 Å². The molecule has 0 amide bonds. The SMILES string of the molecule is CCOc1ccc(F)c(-c2ccn3ccc(NCCN4CCN5CCC[C@H]5C4)nc23)c1. The number of hydrogen-bond acceptors (Lipinski definition) is 5. The number of nitrogens with one attached hydrogen (secondary N) is 1. The molecule has 1 atom stereocenters. The van der Waals surface area contributed by atoms with Crippen molar-refractivity contribution in [2.75, 3.05) is 51.2 Å². The van der Waals surface area contributed by atoms with Crippen molar-refractivity contribution >= 4 is 11.5 Å². The lowest BCUT2D eigenvalue weighted by molar-refractivity contribution is 0.108. The van der Waals surface area contributed by atoms with Gasteiger partial charge in [0.05, 0.1) is 6.61 Å². The largest absolute Gasteiger partial charge is 0.494 e. The molecule has 2 fully saturated rings. The Bertz CT molecular complexity index is 1050. The number of ether oxygens (including phenoxy) is 1. The Balaban J connectivity index is 1.29. The Morgan fingerprint density at radius 2 is 2.03 bits per heavy atom. The van der Waals surface area contributed by atoms with E-state index in [4.69, 9.17) is 9.72 Å². The number of benzene rings is 1. The van der Waals surface area contributed by atoms with Gasteiger partial charge in [-0.15, -0.1) is 0 Å². The third-order valence-corrected chi connectivity index (χ3v) is 6.45. The fourth-order valence-electron chi connectivity index (χ4n) is 4.86. The first-order valence-electron chi connectivity index (χ1n) is 11.3. The van der Waals surface area contributed by atoms with Crippen molar-refractivity contribution < 1.29 is 9.13 Å². The number of anilines is 1. The first-order chi connectivity index (χ1) is 15.2. The van der Waals surface area contributed by atoms with Gasteiger partial charge in [0.25, 0.3) is 0 Å². The van der Waals surface area contributed by atoms with E-state index in [0.29, 0.717) is 17.9 Å². The molecule has 2 aliphatic heterocycles. The van der Waals surface area contributed by atoms with E-state index >= 15 is 0 Å². The van der Waals surface area contributed by atoms with Gasteiger partial charge in [-0.2, -0.15) is 0 Å². The van der Waals surface area contributed by atoms with E-state index in [1.807, 2.05) is 35.9 Å². The molecule has 7 heteroatoms. The minimum absolute atomic E-state index is 0.275. The van der Waals surface area contributed by atoms with Gasteiger partial charge in [-0.3, -0.25) is 9.80 Å². The predicted molar refractivity (Wildman–Crippen MR) is 121 cm³/mol. The highest BCUT2D eigenvalue weighted by molar-refractivity contribution is 5.80. The van der Waals surface area contributed by atoms with Gasteiger partial charge in [0.15, 0.2) is 0 Å². The highest BCUT2D eigenvalue weighted by Crippen LogP contribution is 2.31. The molecule has 4 heterocycles. The van der Waals surface area contributed by atoms with Gasteiger partial charge in [0, 0.05) is 62.3 Å². The summed E-state index contributed by atoms with van der Waals surface area (Å²) in [6.07, 6.45) is 6.56. The monoisotopic (exact) mass is 423 g/mol. The lowest BCUT2D eigenvalue weighted by Gasteiger charge is -2.37. The van der Waals surface area contributed by atoms with E-state index < -0.39 is 0 Å². The van der Waals surface area contributed by atoms with E-state index in [-0.39, 0.29) is 5.82 Å². The van der Waals surface area contributed by atoms with Crippen molar-refractivity contribution in [3.8, 4) is 16.9 Å². The van der Waals surface area contributed by atoms with Gasteiger partial charge < -0.3 is 14.5 Å². The molecule has 6 nitrogen and oxygen atoms in total. The van der Waals surface area contributed by atoms with E-state index in [1.165, 1.54) is 38.5 Å².